The number of nitrogens with zero attached hydrogens (tertiary/aromatic N) is 2. The average molecular weight is 531 g/mol. The Labute approximate surface area is 220 Å². The van der Waals surface area contributed by atoms with Crippen molar-refractivity contribution < 1.29 is 18.3 Å². The van der Waals surface area contributed by atoms with Gasteiger partial charge in [0.15, 0.2) is 0 Å². The first kappa shape index (κ1) is 27.2. The Morgan fingerprint density at radius 2 is 1.84 bits per heavy atom. The van der Waals surface area contributed by atoms with Crippen LogP contribution in [0.5, 0.6) is 0 Å². The Morgan fingerprint density at radius 1 is 1.11 bits per heavy atom. The molecule has 0 spiro atoms. The zero-order valence-corrected chi connectivity index (χ0v) is 22.0. The molecule has 9 heteroatoms. The van der Waals surface area contributed by atoms with Crippen molar-refractivity contribution in [1.82, 2.24) is 9.47 Å². The molecule has 0 unspecified atom stereocenters. The fourth-order valence-electron chi connectivity index (χ4n) is 4.72. The van der Waals surface area contributed by atoms with Gasteiger partial charge in [0.1, 0.15) is 6.54 Å². The number of benzene rings is 2. The predicted octanol–water partition coefficient (Wildman–Crippen LogP) is 5.57. The molecular formula is C28H33F3N4OS. The molecule has 2 aromatic carbocycles. The summed E-state index contributed by atoms with van der Waals surface area (Å²) in [5, 5.41) is 16.8. The molecule has 0 atom stereocenters. The van der Waals surface area contributed by atoms with Gasteiger partial charge in [-0.25, -0.2) is 0 Å². The van der Waals surface area contributed by atoms with Crippen LogP contribution in [0.15, 0.2) is 47.4 Å². The summed E-state index contributed by atoms with van der Waals surface area (Å²) >= 11 is 1.66. The topological polar surface area (TPSA) is 52.5 Å². The van der Waals surface area contributed by atoms with Gasteiger partial charge in [-0.2, -0.15) is 13.2 Å². The lowest BCUT2D eigenvalue weighted by molar-refractivity contribution is -0.140. The van der Waals surface area contributed by atoms with Gasteiger partial charge in [0.2, 0.25) is 0 Å². The largest absolute Gasteiger partial charge is 0.406 e. The van der Waals surface area contributed by atoms with E-state index in [0.717, 1.165) is 53.2 Å². The van der Waals surface area contributed by atoms with Crippen molar-refractivity contribution in [1.29, 1.82) is 0 Å². The highest BCUT2D eigenvalue weighted by molar-refractivity contribution is 7.98. The van der Waals surface area contributed by atoms with Gasteiger partial charge in [0.25, 0.3) is 0 Å². The van der Waals surface area contributed by atoms with E-state index in [1.54, 1.807) is 23.9 Å². The van der Waals surface area contributed by atoms with Gasteiger partial charge in [-0.3, -0.25) is 0 Å². The van der Waals surface area contributed by atoms with E-state index in [0.29, 0.717) is 24.3 Å². The van der Waals surface area contributed by atoms with Crippen LogP contribution in [0.1, 0.15) is 24.1 Å². The number of hydrogen-bond acceptors (Lipinski definition) is 5. The van der Waals surface area contributed by atoms with E-state index in [9.17, 15) is 18.3 Å². The molecule has 1 aliphatic heterocycles. The van der Waals surface area contributed by atoms with E-state index in [-0.39, 0.29) is 12.6 Å². The highest BCUT2D eigenvalue weighted by atomic mass is 32.2. The van der Waals surface area contributed by atoms with E-state index in [2.05, 4.69) is 27.4 Å². The van der Waals surface area contributed by atoms with Crippen molar-refractivity contribution in [2.75, 3.05) is 49.7 Å². The van der Waals surface area contributed by atoms with Crippen LogP contribution in [0.3, 0.4) is 0 Å². The summed E-state index contributed by atoms with van der Waals surface area (Å²) in [5.74, 6) is 5.97. The number of thioether (sulfide) groups is 1. The number of hydrogen-bond donors (Lipinski definition) is 3. The number of halogens is 3. The van der Waals surface area contributed by atoms with Crippen LogP contribution >= 0.6 is 11.8 Å². The van der Waals surface area contributed by atoms with E-state index >= 15 is 0 Å². The lowest BCUT2D eigenvalue weighted by Crippen LogP contribution is -2.40. The molecule has 1 fully saturated rings. The highest BCUT2D eigenvalue weighted by Crippen LogP contribution is 2.33. The van der Waals surface area contributed by atoms with Gasteiger partial charge in [0.05, 0.1) is 24.4 Å². The third kappa shape index (κ3) is 7.16. The van der Waals surface area contributed by atoms with Crippen LogP contribution in [-0.2, 0) is 6.54 Å². The third-order valence-electron chi connectivity index (χ3n) is 6.67. The maximum atomic E-state index is 13.5. The second kappa shape index (κ2) is 12.2. The minimum absolute atomic E-state index is 0.146. The Morgan fingerprint density at radius 3 is 2.49 bits per heavy atom. The lowest BCUT2D eigenvalue weighted by Gasteiger charge is -2.32. The van der Waals surface area contributed by atoms with Crippen LogP contribution in [0, 0.1) is 18.8 Å². The molecule has 0 radical (unpaired) electrons. The summed E-state index contributed by atoms with van der Waals surface area (Å²) in [6.07, 6.45) is -0.527. The monoisotopic (exact) mass is 530 g/mol. The Bertz CT molecular complexity index is 1250. The Balaban J connectivity index is 1.58. The van der Waals surface area contributed by atoms with Crippen molar-refractivity contribution in [3.63, 3.8) is 0 Å². The second-order valence-corrected chi connectivity index (χ2v) is 10.2. The molecule has 1 saturated heterocycles. The number of aliphatic hydroxyl groups excluding tert-OH is 1. The van der Waals surface area contributed by atoms with E-state index in [4.69, 9.17) is 0 Å². The number of rotatable bonds is 8. The molecule has 198 valence electrons. The zero-order valence-electron chi connectivity index (χ0n) is 21.2. The van der Waals surface area contributed by atoms with Crippen LogP contribution in [0.25, 0.3) is 10.9 Å². The summed E-state index contributed by atoms with van der Waals surface area (Å²) < 4.78 is 41.9. The number of piperidine rings is 1. The minimum atomic E-state index is -4.36. The normalized spacial score (nSPS) is 15.0. The van der Waals surface area contributed by atoms with Crippen molar-refractivity contribution in [3.05, 3.63) is 53.7 Å². The molecule has 3 N–H and O–H groups in total. The Kier molecular flexibility index (Phi) is 8.95. The van der Waals surface area contributed by atoms with Gasteiger partial charge in [-0.05, 0) is 73.9 Å². The second-order valence-electron chi connectivity index (χ2n) is 9.29. The summed E-state index contributed by atoms with van der Waals surface area (Å²) in [6.45, 7) is 3.78. The molecule has 4 rings (SSSR count). The van der Waals surface area contributed by atoms with Crippen LogP contribution < -0.4 is 10.6 Å². The number of anilines is 2. The third-order valence-corrected chi connectivity index (χ3v) is 7.41. The molecule has 2 heterocycles. The van der Waals surface area contributed by atoms with E-state index in [1.165, 1.54) is 4.57 Å². The summed E-state index contributed by atoms with van der Waals surface area (Å²) in [5.41, 5.74) is 3.64. The summed E-state index contributed by atoms with van der Waals surface area (Å²) in [4.78, 5) is 3.38. The molecule has 5 nitrogen and oxygen atoms in total. The standard InChI is InChI=1S/C28H33F3N4OS/c1-20-5-10-26-25(27(20)33-22-11-14-34(15-12-22)16-17-36)18-23(35(26)19-28(29,30)31)4-3-13-32-21-6-8-24(37-2)9-7-21/h5-10,18,22,32-33,36H,11-17,19H2,1-2H3. The number of β-amino-alcohol motifs (C(OH)–C–C–N with tert-alkyl or cyclic N) is 1. The van der Waals surface area contributed by atoms with E-state index in [1.807, 2.05) is 43.5 Å². The van der Waals surface area contributed by atoms with E-state index < -0.39 is 12.7 Å². The van der Waals surface area contributed by atoms with Crippen LogP contribution in [0.2, 0.25) is 0 Å². The van der Waals surface area contributed by atoms with Crippen molar-refractivity contribution in [2.45, 2.75) is 43.4 Å². The van der Waals surface area contributed by atoms with Crippen molar-refractivity contribution in [2.24, 2.45) is 0 Å². The smallest absolute Gasteiger partial charge is 0.395 e. The van der Waals surface area contributed by atoms with Crippen LogP contribution in [0.4, 0.5) is 24.5 Å². The maximum absolute atomic E-state index is 13.5. The number of aryl methyl sites for hydroxylation is 1. The number of alkyl halides is 3. The SMILES string of the molecule is CSc1ccc(NCC#Cc2cc3c(NC4CCN(CCO)CC4)c(C)ccc3n2CC(F)(F)F)cc1. The zero-order chi connectivity index (χ0) is 26.4. The maximum Gasteiger partial charge on any atom is 0.406 e. The first-order valence-electron chi connectivity index (χ1n) is 12.4. The number of likely N-dealkylation sites (tertiary alicyclic amines) is 1. The molecule has 0 bridgehead atoms. The minimum Gasteiger partial charge on any atom is -0.395 e. The molecule has 1 aliphatic rings. The van der Waals surface area contributed by atoms with Crippen molar-refractivity contribution >= 4 is 34.0 Å². The molecule has 37 heavy (non-hydrogen) atoms. The lowest BCUT2D eigenvalue weighted by atomic mass is 10.0. The molecule has 0 saturated carbocycles. The van der Waals surface area contributed by atoms with Gasteiger partial charge >= 0.3 is 6.18 Å². The summed E-state index contributed by atoms with van der Waals surface area (Å²) in [7, 11) is 0. The quantitative estimate of drug-likeness (QED) is 0.263. The number of nitrogens with one attached hydrogen (secondary N) is 2. The first-order chi connectivity index (χ1) is 17.8. The number of aromatic nitrogens is 1. The fourth-order valence-corrected chi connectivity index (χ4v) is 5.13. The molecular weight excluding hydrogens is 497 g/mol. The van der Waals surface area contributed by atoms with Gasteiger partial charge in [-0.1, -0.05) is 12.0 Å². The summed E-state index contributed by atoms with van der Waals surface area (Å²) in [6, 6.07) is 13.6. The van der Waals surface area contributed by atoms with Crippen LogP contribution in [-0.4, -0.2) is 65.8 Å². The van der Waals surface area contributed by atoms with Gasteiger partial charge in [-0.15, -0.1) is 11.8 Å². The highest BCUT2D eigenvalue weighted by Gasteiger charge is 2.30. The Hall–Kier alpha value is -2.80. The number of aliphatic hydroxyl groups is 1. The molecule has 0 aliphatic carbocycles. The van der Waals surface area contributed by atoms with Gasteiger partial charge < -0.3 is 25.2 Å². The van der Waals surface area contributed by atoms with Crippen molar-refractivity contribution in [3.8, 4) is 11.8 Å². The average Bonchev–Trinajstić information content (AvgIpc) is 3.21. The first-order valence-corrected chi connectivity index (χ1v) is 13.7. The fraction of sp³-hybridized carbons (Fsp3) is 0.429. The molecule has 1 aromatic heterocycles. The molecule has 3 aromatic rings. The van der Waals surface area contributed by atoms with Gasteiger partial charge in [0, 0.05) is 47.3 Å². The number of fused-ring (bicyclic) bond motifs is 1. The predicted molar refractivity (Wildman–Crippen MR) is 146 cm³/mol. The molecule has 0 amide bonds.